The molecule has 0 spiro atoms. The number of nitrogens with zero attached hydrogens (tertiary/aromatic N) is 1. The Bertz CT molecular complexity index is 747. The third-order valence-electron chi connectivity index (χ3n) is 2.74. The minimum atomic E-state index is -0.759. The maximum atomic E-state index is 11.5. The lowest BCUT2D eigenvalue weighted by Gasteiger charge is -2.06. The van der Waals surface area contributed by atoms with Crippen LogP contribution in [0.1, 0.15) is 24.1 Å². The molecule has 1 heterocycles. The van der Waals surface area contributed by atoms with E-state index in [1.807, 2.05) is 36.2 Å². The molecule has 0 aliphatic rings. The quantitative estimate of drug-likeness (QED) is 0.743. The van der Waals surface area contributed by atoms with E-state index >= 15 is 0 Å². The molecule has 7 heteroatoms. The molecular formula is C13H12BrN3O3. The summed E-state index contributed by atoms with van der Waals surface area (Å²) in [4.78, 5) is 30.8. The molecule has 1 aromatic heterocycles. The van der Waals surface area contributed by atoms with E-state index in [1.54, 1.807) is 0 Å². The number of H-pyrrole nitrogens is 2. The van der Waals surface area contributed by atoms with E-state index < -0.39 is 17.1 Å². The molecule has 0 fully saturated rings. The molecule has 20 heavy (non-hydrogen) atoms. The fourth-order valence-corrected chi connectivity index (χ4v) is 1.88. The van der Waals surface area contributed by atoms with Crippen molar-refractivity contribution >= 4 is 22.1 Å². The number of hydrogen-bond donors (Lipinski definition) is 3. The molecule has 2 rings (SSSR count). The Balaban J connectivity index is 2.28. The van der Waals surface area contributed by atoms with Gasteiger partial charge in [0.1, 0.15) is 5.56 Å². The molecule has 0 saturated carbocycles. The number of rotatable bonds is 3. The molecule has 1 aromatic carbocycles. The van der Waals surface area contributed by atoms with Crippen molar-refractivity contribution in [1.29, 1.82) is 0 Å². The highest BCUT2D eigenvalue weighted by atomic mass is 79.9. The second-order valence-electron chi connectivity index (χ2n) is 4.18. The second-order valence-corrected chi connectivity index (χ2v) is 5.09. The van der Waals surface area contributed by atoms with Crippen molar-refractivity contribution in [3.63, 3.8) is 0 Å². The minimum Gasteiger partial charge on any atom is -0.494 e. The SMILES string of the molecule is C[C@H](N=Cc1c(O)[nH]c(=O)[nH]c1=O)c1ccc(Br)cc1. The summed E-state index contributed by atoms with van der Waals surface area (Å²) in [5.74, 6) is -0.495. The van der Waals surface area contributed by atoms with Gasteiger partial charge in [-0.05, 0) is 24.6 Å². The normalized spacial score (nSPS) is 12.7. The first-order valence-electron chi connectivity index (χ1n) is 5.81. The van der Waals surface area contributed by atoms with Gasteiger partial charge in [0.25, 0.3) is 5.56 Å². The van der Waals surface area contributed by atoms with Crippen LogP contribution in [0.5, 0.6) is 5.88 Å². The number of aromatic hydroxyl groups is 1. The van der Waals surface area contributed by atoms with Gasteiger partial charge in [-0.25, -0.2) is 4.79 Å². The van der Waals surface area contributed by atoms with Crippen LogP contribution in [-0.2, 0) is 0 Å². The first-order chi connectivity index (χ1) is 9.47. The zero-order valence-corrected chi connectivity index (χ0v) is 12.1. The van der Waals surface area contributed by atoms with Crippen molar-refractivity contribution in [3.05, 3.63) is 60.7 Å². The van der Waals surface area contributed by atoms with Crippen molar-refractivity contribution in [1.82, 2.24) is 9.97 Å². The third-order valence-corrected chi connectivity index (χ3v) is 3.27. The van der Waals surface area contributed by atoms with Gasteiger partial charge >= 0.3 is 5.69 Å². The molecule has 6 nitrogen and oxygen atoms in total. The van der Waals surface area contributed by atoms with Crippen LogP contribution in [0.25, 0.3) is 0 Å². The third kappa shape index (κ3) is 3.24. The highest BCUT2D eigenvalue weighted by Gasteiger charge is 2.07. The van der Waals surface area contributed by atoms with Crippen LogP contribution in [0.2, 0.25) is 0 Å². The number of benzene rings is 1. The standard InChI is InChI=1S/C13H12BrN3O3/c1-7(8-2-4-9(14)5-3-8)15-6-10-11(18)16-13(20)17-12(10)19/h2-7H,1H3,(H3,16,17,18,19,20)/t7-/m0/s1. The molecular weight excluding hydrogens is 326 g/mol. The van der Waals surface area contributed by atoms with Gasteiger partial charge in [-0.15, -0.1) is 0 Å². The maximum absolute atomic E-state index is 11.5. The number of nitrogens with one attached hydrogen (secondary N) is 2. The molecule has 0 aliphatic carbocycles. The van der Waals surface area contributed by atoms with E-state index in [1.165, 1.54) is 6.21 Å². The predicted octanol–water partition coefficient (Wildman–Crippen LogP) is 1.71. The van der Waals surface area contributed by atoms with Crippen LogP contribution < -0.4 is 11.2 Å². The lowest BCUT2D eigenvalue weighted by atomic mass is 10.1. The van der Waals surface area contributed by atoms with Gasteiger partial charge in [0.15, 0.2) is 0 Å². The van der Waals surface area contributed by atoms with E-state index in [9.17, 15) is 14.7 Å². The van der Waals surface area contributed by atoms with Crippen LogP contribution in [0, 0.1) is 0 Å². The van der Waals surface area contributed by atoms with E-state index in [4.69, 9.17) is 0 Å². The second kappa shape index (κ2) is 5.87. The van der Waals surface area contributed by atoms with Gasteiger partial charge in [-0.3, -0.25) is 19.8 Å². The van der Waals surface area contributed by atoms with Gasteiger partial charge in [-0.1, -0.05) is 28.1 Å². The van der Waals surface area contributed by atoms with Gasteiger partial charge in [0.05, 0.1) is 6.04 Å². The Morgan fingerprint density at radius 2 is 1.90 bits per heavy atom. The highest BCUT2D eigenvalue weighted by Crippen LogP contribution is 2.19. The summed E-state index contributed by atoms with van der Waals surface area (Å²) in [6.07, 6.45) is 1.25. The van der Waals surface area contributed by atoms with Gasteiger partial charge in [0.2, 0.25) is 5.88 Å². The van der Waals surface area contributed by atoms with Crippen molar-refractivity contribution < 1.29 is 5.11 Å². The first-order valence-corrected chi connectivity index (χ1v) is 6.61. The lowest BCUT2D eigenvalue weighted by molar-refractivity contribution is 0.447. The summed E-state index contributed by atoms with van der Waals surface area (Å²) in [6, 6.07) is 7.41. The topological polar surface area (TPSA) is 98.3 Å². The zero-order chi connectivity index (χ0) is 14.7. The summed E-state index contributed by atoms with van der Waals surface area (Å²) in [6.45, 7) is 1.86. The molecule has 0 bridgehead atoms. The van der Waals surface area contributed by atoms with Crippen molar-refractivity contribution in [2.75, 3.05) is 0 Å². The number of aliphatic imine (C=N–C) groups is 1. The van der Waals surface area contributed by atoms with Crippen LogP contribution in [-0.4, -0.2) is 21.3 Å². The van der Waals surface area contributed by atoms with Crippen molar-refractivity contribution in [2.24, 2.45) is 4.99 Å². The fourth-order valence-electron chi connectivity index (χ4n) is 1.62. The summed E-state index contributed by atoms with van der Waals surface area (Å²) in [5.41, 5.74) is -0.554. The first kappa shape index (κ1) is 14.3. The Hall–Kier alpha value is -2.15. The van der Waals surface area contributed by atoms with Gasteiger partial charge < -0.3 is 5.11 Å². The van der Waals surface area contributed by atoms with Gasteiger partial charge in [-0.2, -0.15) is 0 Å². The van der Waals surface area contributed by atoms with E-state index in [-0.39, 0.29) is 11.6 Å². The molecule has 0 unspecified atom stereocenters. The van der Waals surface area contributed by atoms with E-state index in [0.29, 0.717) is 0 Å². The molecule has 104 valence electrons. The fraction of sp³-hybridized carbons (Fsp3) is 0.154. The van der Waals surface area contributed by atoms with Gasteiger partial charge in [0, 0.05) is 10.7 Å². The van der Waals surface area contributed by atoms with Crippen molar-refractivity contribution in [3.8, 4) is 5.88 Å². The smallest absolute Gasteiger partial charge is 0.328 e. The molecule has 0 radical (unpaired) electrons. The zero-order valence-electron chi connectivity index (χ0n) is 10.6. The molecule has 0 saturated heterocycles. The molecule has 1 atom stereocenters. The summed E-state index contributed by atoms with van der Waals surface area (Å²) >= 11 is 3.35. The van der Waals surface area contributed by atoms with Crippen LogP contribution in [0.3, 0.4) is 0 Å². The Morgan fingerprint density at radius 3 is 2.50 bits per heavy atom. The monoisotopic (exact) mass is 337 g/mol. The summed E-state index contributed by atoms with van der Waals surface area (Å²) in [5, 5.41) is 9.52. The largest absolute Gasteiger partial charge is 0.494 e. The average molecular weight is 338 g/mol. The summed E-state index contributed by atoms with van der Waals surface area (Å²) < 4.78 is 0.965. The van der Waals surface area contributed by atoms with Crippen LogP contribution >= 0.6 is 15.9 Å². The maximum Gasteiger partial charge on any atom is 0.328 e. The Kier molecular flexibility index (Phi) is 4.19. The van der Waals surface area contributed by atoms with E-state index in [0.717, 1.165) is 10.0 Å². The number of aromatic nitrogens is 2. The summed E-state index contributed by atoms with van der Waals surface area (Å²) in [7, 11) is 0. The Morgan fingerprint density at radius 1 is 1.25 bits per heavy atom. The average Bonchev–Trinajstić information content (AvgIpc) is 2.38. The van der Waals surface area contributed by atoms with E-state index in [2.05, 4.69) is 25.9 Å². The minimum absolute atomic E-state index is 0.0754. The number of aromatic amines is 2. The van der Waals surface area contributed by atoms with Crippen molar-refractivity contribution in [2.45, 2.75) is 13.0 Å². The Labute approximate surface area is 122 Å². The predicted molar refractivity (Wildman–Crippen MR) is 79.5 cm³/mol. The lowest BCUT2D eigenvalue weighted by Crippen LogP contribution is -2.24. The number of halogens is 1. The number of hydrogen-bond acceptors (Lipinski definition) is 4. The highest BCUT2D eigenvalue weighted by molar-refractivity contribution is 9.10. The van der Waals surface area contributed by atoms with Crippen LogP contribution in [0.4, 0.5) is 0 Å². The van der Waals surface area contributed by atoms with Crippen LogP contribution in [0.15, 0.2) is 43.3 Å². The molecule has 2 aromatic rings. The molecule has 3 N–H and O–H groups in total. The molecule has 0 amide bonds. The molecule has 0 aliphatic heterocycles.